The summed E-state index contributed by atoms with van der Waals surface area (Å²) in [5, 5.41) is 0. The van der Waals surface area contributed by atoms with Gasteiger partial charge in [-0.2, -0.15) is 0 Å². The third-order valence-electron chi connectivity index (χ3n) is 3.20. The molecule has 1 aliphatic heterocycles. The summed E-state index contributed by atoms with van der Waals surface area (Å²) in [7, 11) is 1.38. The number of carbonyl (C=O) groups is 1. The van der Waals surface area contributed by atoms with E-state index < -0.39 is 0 Å². The molecule has 0 aromatic carbocycles. The van der Waals surface area contributed by atoms with E-state index in [1.807, 2.05) is 6.92 Å². The number of rotatable bonds is 2. The van der Waals surface area contributed by atoms with Crippen LogP contribution in [0.25, 0.3) is 0 Å². The summed E-state index contributed by atoms with van der Waals surface area (Å²) in [5.74, 6) is 1.03. The first-order valence-corrected chi connectivity index (χ1v) is 6.39. The van der Waals surface area contributed by atoms with Gasteiger partial charge >= 0.3 is 5.97 Å². The molecule has 0 bridgehead atoms. The second-order valence-electron chi connectivity index (χ2n) is 4.55. The Hall–Kier alpha value is -1.65. The Labute approximate surface area is 107 Å². The maximum atomic E-state index is 11.7. The predicted octanol–water partition coefficient (Wildman–Crippen LogP) is 1.95. The van der Waals surface area contributed by atoms with E-state index in [1.165, 1.54) is 20.0 Å². The molecule has 0 saturated carbocycles. The van der Waals surface area contributed by atoms with Crippen LogP contribution in [0.4, 0.5) is 5.82 Å². The van der Waals surface area contributed by atoms with Gasteiger partial charge in [0.25, 0.3) is 0 Å². The van der Waals surface area contributed by atoms with Crippen LogP contribution in [-0.4, -0.2) is 36.1 Å². The lowest BCUT2D eigenvalue weighted by Crippen LogP contribution is -2.27. The molecule has 2 heterocycles. The molecule has 0 radical (unpaired) electrons. The molecule has 0 spiro atoms. The topological polar surface area (TPSA) is 55.3 Å². The lowest BCUT2D eigenvalue weighted by atomic mass is 10.2. The number of aryl methyl sites for hydroxylation is 1. The van der Waals surface area contributed by atoms with E-state index in [0.29, 0.717) is 11.4 Å². The highest BCUT2D eigenvalue weighted by molar-refractivity contribution is 5.94. The molecule has 0 amide bonds. The molecular formula is C13H19N3O2. The Morgan fingerprint density at radius 2 is 1.94 bits per heavy atom. The fourth-order valence-electron chi connectivity index (χ4n) is 2.24. The molecule has 5 nitrogen and oxygen atoms in total. The minimum atomic E-state index is -0.366. The molecule has 0 unspecified atom stereocenters. The van der Waals surface area contributed by atoms with Crippen LogP contribution >= 0.6 is 0 Å². The van der Waals surface area contributed by atoms with Gasteiger partial charge < -0.3 is 9.64 Å². The van der Waals surface area contributed by atoms with Crippen LogP contribution in [0.2, 0.25) is 0 Å². The van der Waals surface area contributed by atoms with E-state index in [1.54, 1.807) is 6.20 Å². The van der Waals surface area contributed by atoms with Gasteiger partial charge in [-0.05, 0) is 19.8 Å². The monoisotopic (exact) mass is 249 g/mol. The second kappa shape index (κ2) is 5.80. The van der Waals surface area contributed by atoms with Gasteiger partial charge in [-0.1, -0.05) is 12.8 Å². The Morgan fingerprint density at radius 3 is 2.56 bits per heavy atom. The first kappa shape index (κ1) is 12.8. The maximum Gasteiger partial charge on any atom is 0.343 e. The van der Waals surface area contributed by atoms with Gasteiger partial charge in [0.05, 0.1) is 7.11 Å². The minimum absolute atomic E-state index is 0.366. The summed E-state index contributed by atoms with van der Waals surface area (Å²) in [5.41, 5.74) is 0.463. The van der Waals surface area contributed by atoms with Crippen molar-refractivity contribution in [1.29, 1.82) is 0 Å². The molecule has 0 atom stereocenters. The van der Waals surface area contributed by atoms with Crippen molar-refractivity contribution in [2.24, 2.45) is 0 Å². The Bertz CT molecular complexity index is 426. The highest BCUT2D eigenvalue weighted by atomic mass is 16.5. The minimum Gasteiger partial charge on any atom is -0.465 e. The van der Waals surface area contributed by atoms with Crippen molar-refractivity contribution < 1.29 is 9.53 Å². The quantitative estimate of drug-likeness (QED) is 0.750. The highest BCUT2D eigenvalue weighted by Crippen LogP contribution is 2.21. The standard InChI is InChI=1S/C13H19N3O2/c1-10-14-9-11(13(17)18-2)12(15-10)16-7-5-3-4-6-8-16/h9H,3-8H2,1-2H3. The zero-order valence-electron chi connectivity index (χ0n) is 11.0. The van der Waals surface area contributed by atoms with Crippen LogP contribution in [0.15, 0.2) is 6.20 Å². The Balaban J connectivity index is 2.33. The largest absolute Gasteiger partial charge is 0.465 e. The number of methoxy groups -OCH3 is 1. The lowest BCUT2D eigenvalue weighted by Gasteiger charge is -2.23. The van der Waals surface area contributed by atoms with Crippen molar-refractivity contribution in [2.75, 3.05) is 25.1 Å². The number of carbonyl (C=O) groups excluding carboxylic acids is 1. The molecule has 18 heavy (non-hydrogen) atoms. The zero-order chi connectivity index (χ0) is 13.0. The number of ether oxygens (including phenoxy) is 1. The maximum absolute atomic E-state index is 11.7. The number of nitrogens with zero attached hydrogens (tertiary/aromatic N) is 3. The molecule has 1 saturated heterocycles. The summed E-state index contributed by atoms with van der Waals surface area (Å²) in [6.45, 7) is 3.73. The van der Waals surface area contributed by atoms with E-state index in [-0.39, 0.29) is 5.97 Å². The first-order valence-electron chi connectivity index (χ1n) is 6.39. The average molecular weight is 249 g/mol. The van der Waals surface area contributed by atoms with E-state index in [4.69, 9.17) is 4.74 Å². The summed E-state index contributed by atoms with van der Waals surface area (Å²) in [6.07, 6.45) is 6.34. The van der Waals surface area contributed by atoms with Crippen molar-refractivity contribution >= 4 is 11.8 Å². The third kappa shape index (κ3) is 2.78. The fourth-order valence-corrected chi connectivity index (χ4v) is 2.24. The zero-order valence-corrected chi connectivity index (χ0v) is 11.0. The summed E-state index contributed by atoms with van der Waals surface area (Å²) in [6, 6.07) is 0. The Morgan fingerprint density at radius 1 is 1.28 bits per heavy atom. The molecule has 5 heteroatoms. The average Bonchev–Trinajstić information content (AvgIpc) is 2.66. The SMILES string of the molecule is COC(=O)c1cnc(C)nc1N1CCCCCC1. The predicted molar refractivity (Wildman–Crippen MR) is 68.8 cm³/mol. The summed E-state index contributed by atoms with van der Waals surface area (Å²) < 4.78 is 4.79. The van der Waals surface area contributed by atoms with Gasteiger partial charge in [-0.25, -0.2) is 14.8 Å². The summed E-state index contributed by atoms with van der Waals surface area (Å²) in [4.78, 5) is 22.4. The molecule has 1 aromatic heterocycles. The van der Waals surface area contributed by atoms with Crippen LogP contribution in [0.3, 0.4) is 0 Å². The fraction of sp³-hybridized carbons (Fsp3) is 0.615. The van der Waals surface area contributed by atoms with E-state index >= 15 is 0 Å². The van der Waals surface area contributed by atoms with Crippen LogP contribution in [-0.2, 0) is 4.74 Å². The number of aromatic nitrogens is 2. The molecule has 1 aliphatic rings. The van der Waals surface area contributed by atoms with E-state index in [9.17, 15) is 4.79 Å². The molecule has 98 valence electrons. The third-order valence-corrected chi connectivity index (χ3v) is 3.20. The molecular weight excluding hydrogens is 230 g/mol. The van der Waals surface area contributed by atoms with Gasteiger partial charge in [0.15, 0.2) is 0 Å². The van der Waals surface area contributed by atoms with E-state index in [0.717, 1.165) is 31.7 Å². The summed E-state index contributed by atoms with van der Waals surface area (Å²) >= 11 is 0. The van der Waals surface area contributed by atoms with Gasteiger partial charge in [-0.3, -0.25) is 0 Å². The lowest BCUT2D eigenvalue weighted by molar-refractivity contribution is 0.0600. The number of hydrogen-bond donors (Lipinski definition) is 0. The molecule has 0 aliphatic carbocycles. The van der Waals surface area contributed by atoms with Crippen molar-refractivity contribution in [3.05, 3.63) is 17.6 Å². The smallest absolute Gasteiger partial charge is 0.343 e. The van der Waals surface area contributed by atoms with Gasteiger partial charge in [0.2, 0.25) is 0 Å². The van der Waals surface area contributed by atoms with Crippen LogP contribution in [0, 0.1) is 6.92 Å². The van der Waals surface area contributed by atoms with Crippen LogP contribution in [0.1, 0.15) is 41.9 Å². The van der Waals surface area contributed by atoms with Crippen molar-refractivity contribution in [3.63, 3.8) is 0 Å². The van der Waals surface area contributed by atoms with Crippen molar-refractivity contribution in [3.8, 4) is 0 Å². The van der Waals surface area contributed by atoms with Crippen molar-refractivity contribution in [2.45, 2.75) is 32.6 Å². The van der Waals surface area contributed by atoms with Crippen LogP contribution in [0.5, 0.6) is 0 Å². The number of hydrogen-bond acceptors (Lipinski definition) is 5. The molecule has 0 N–H and O–H groups in total. The highest BCUT2D eigenvalue weighted by Gasteiger charge is 2.20. The van der Waals surface area contributed by atoms with Crippen molar-refractivity contribution in [1.82, 2.24) is 9.97 Å². The van der Waals surface area contributed by atoms with Gasteiger partial charge in [0.1, 0.15) is 17.2 Å². The molecule has 1 aromatic rings. The number of esters is 1. The Kier molecular flexibility index (Phi) is 4.12. The van der Waals surface area contributed by atoms with Gasteiger partial charge in [-0.15, -0.1) is 0 Å². The first-order chi connectivity index (χ1) is 8.72. The van der Waals surface area contributed by atoms with Crippen LogP contribution < -0.4 is 4.90 Å². The normalized spacial score (nSPS) is 16.2. The molecule has 1 fully saturated rings. The molecule has 2 rings (SSSR count). The number of anilines is 1. The van der Waals surface area contributed by atoms with Gasteiger partial charge in [0, 0.05) is 19.3 Å². The van der Waals surface area contributed by atoms with E-state index in [2.05, 4.69) is 14.9 Å². The second-order valence-corrected chi connectivity index (χ2v) is 4.55.